The molecule has 8 heteroatoms. The van der Waals surface area contributed by atoms with Gasteiger partial charge in [-0.1, -0.05) is 30.3 Å². The molecule has 0 heterocycles. The van der Waals surface area contributed by atoms with E-state index in [-0.39, 0.29) is 11.1 Å². The van der Waals surface area contributed by atoms with Gasteiger partial charge in [0.1, 0.15) is 11.5 Å². The summed E-state index contributed by atoms with van der Waals surface area (Å²) in [5, 5.41) is 0. The third-order valence-corrected chi connectivity index (χ3v) is 4.66. The molecule has 0 unspecified atom stereocenters. The number of benzene rings is 3. The van der Waals surface area contributed by atoms with Gasteiger partial charge in [0.25, 0.3) is 0 Å². The minimum atomic E-state index is -4.67. The summed E-state index contributed by atoms with van der Waals surface area (Å²) in [5.74, 6) is -1.99. The Labute approximate surface area is 177 Å². The van der Waals surface area contributed by atoms with E-state index in [1.54, 1.807) is 24.3 Å². The lowest BCUT2D eigenvalue weighted by Gasteiger charge is -2.12. The molecule has 0 aliphatic rings. The number of esters is 2. The summed E-state index contributed by atoms with van der Waals surface area (Å²) >= 11 is 2.01. The van der Waals surface area contributed by atoms with Crippen molar-refractivity contribution in [2.45, 2.75) is 6.18 Å². The highest BCUT2D eigenvalue weighted by Gasteiger charge is 2.34. The van der Waals surface area contributed by atoms with Gasteiger partial charge in [0.05, 0.1) is 20.3 Å². The Morgan fingerprint density at radius 2 is 1.24 bits per heavy atom. The van der Waals surface area contributed by atoms with Crippen LogP contribution in [0.4, 0.5) is 13.2 Å². The van der Waals surface area contributed by atoms with Crippen LogP contribution in [0.1, 0.15) is 26.3 Å². The van der Waals surface area contributed by atoms with Crippen LogP contribution in [0, 0.1) is 3.57 Å². The molecule has 0 aliphatic carbocycles. The van der Waals surface area contributed by atoms with Gasteiger partial charge in [-0.15, -0.1) is 0 Å². The SMILES string of the molecule is O=C(Oc1ccccc1I)c1cccc(C(=O)Oc2ccccc2C(F)(F)F)c1. The molecule has 0 spiro atoms. The Bertz CT molecular complexity index is 1060. The largest absolute Gasteiger partial charge is 0.422 e. The van der Waals surface area contributed by atoms with E-state index >= 15 is 0 Å². The molecular formula is C21H12F3IO4. The minimum absolute atomic E-state index is 0.0585. The van der Waals surface area contributed by atoms with Gasteiger partial charge < -0.3 is 9.47 Å². The van der Waals surface area contributed by atoms with Crippen LogP contribution in [-0.2, 0) is 6.18 Å². The number of carbonyl (C=O) groups is 2. The zero-order chi connectivity index (χ0) is 21.0. The van der Waals surface area contributed by atoms with Crippen LogP contribution in [0.3, 0.4) is 0 Å². The van der Waals surface area contributed by atoms with Crippen LogP contribution in [-0.4, -0.2) is 11.9 Å². The molecule has 0 fully saturated rings. The molecule has 0 saturated carbocycles. The van der Waals surface area contributed by atoms with Gasteiger partial charge in [-0.05, 0) is 65.1 Å². The predicted octanol–water partition coefficient (Wildman–Crippen LogP) is 5.75. The number of para-hydroxylation sites is 2. The normalized spacial score (nSPS) is 11.0. The lowest BCUT2D eigenvalue weighted by atomic mass is 10.1. The van der Waals surface area contributed by atoms with Crippen LogP contribution in [0.5, 0.6) is 11.5 Å². The van der Waals surface area contributed by atoms with Gasteiger partial charge in [0.15, 0.2) is 0 Å². The summed E-state index contributed by atoms with van der Waals surface area (Å²) in [6.07, 6.45) is -4.67. The molecule has 0 saturated heterocycles. The Hall–Kier alpha value is -2.88. The summed E-state index contributed by atoms with van der Waals surface area (Å²) in [7, 11) is 0. The molecule has 0 radical (unpaired) electrons. The maximum absolute atomic E-state index is 13.1. The van der Waals surface area contributed by atoms with Crippen LogP contribution < -0.4 is 9.47 Å². The Morgan fingerprint density at radius 1 is 0.724 bits per heavy atom. The number of halogens is 4. The quantitative estimate of drug-likeness (QED) is 0.254. The van der Waals surface area contributed by atoms with Crippen molar-refractivity contribution in [1.29, 1.82) is 0 Å². The second kappa shape index (κ2) is 8.64. The fraction of sp³-hybridized carbons (Fsp3) is 0.0476. The maximum Gasteiger partial charge on any atom is 0.419 e. The summed E-state index contributed by atoms with van der Waals surface area (Å²) in [4.78, 5) is 24.7. The summed E-state index contributed by atoms with van der Waals surface area (Å²) < 4.78 is 50.1. The molecule has 0 amide bonds. The molecule has 0 N–H and O–H groups in total. The highest BCUT2D eigenvalue weighted by atomic mass is 127. The van der Waals surface area contributed by atoms with Crippen molar-refractivity contribution in [3.05, 3.63) is 93.1 Å². The Morgan fingerprint density at radius 3 is 1.83 bits per heavy atom. The number of hydrogen-bond donors (Lipinski definition) is 0. The summed E-state index contributed by atoms with van der Waals surface area (Å²) in [5.41, 5.74) is -1.09. The molecule has 29 heavy (non-hydrogen) atoms. The lowest BCUT2D eigenvalue weighted by Crippen LogP contribution is -2.15. The second-order valence-corrected chi connectivity index (χ2v) is 6.95. The zero-order valence-corrected chi connectivity index (χ0v) is 16.7. The van der Waals surface area contributed by atoms with Crippen LogP contribution in [0.2, 0.25) is 0 Å². The van der Waals surface area contributed by atoms with Crippen LogP contribution >= 0.6 is 22.6 Å². The van der Waals surface area contributed by atoms with E-state index in [0.29, 0.717) is 5.75 Å². The molecule has 0 aromatic heterocycles. The van der Waals surface area contributed by atoms with Crippen LogP contribution in [0.15, 0.2) is 72.8 Å². The van der Waals surface area contributed by atoms with Gasteiger partial charge in [0, 0.05) is 0 Å². The molecule has 0 aliphatic heterocycles. The van der Waals surface area contributed by atoms with Gasteiger partial charge >= 0.3 is 18.1 Å². The van der Waals surface area contributed by atoms with Crippen molar-refractivity contribution in [1.82, 2.24) is 0 Å². The van der Waals surface area contributed by atoms with E-state index in [2.05, 4.69) is 0 Å². The van der Waals surface area contributed by atoms with Crippen molar-refractivity contribution in [3.63, 3.8) is 0 Å². The highest BCUT2D eigenvalue weighted by Crippen LogP contribution is 2.36. The first-order chi connectivity index (χ1) is 13.8. The zero-order valence-electron chi connectivity index (χ0n) is 14.6. The fourth-order valence-corrected chi connectivity index (χ4v) is 2.91. The van der Waals surface area contributed by atoms with Gasteiger partial charge in [-0.25, -0.2) is 9.59 Å². The number of carbonyl (C=O) groups excluding carboxylic acids is 2. The smallest absolute Gasteiger partial charge is 0.419 e. The molecule has 3 rings (SSSR count). The van der Waals surface area contributed by atoms with E-state index < -0.39 is 29.4 Å². The lowest BCUT2D eigenvalue weighted by molar-refractivity contribution is -0.138. The molecule has 148 valence electrons. The second-order valence-electron chi connectivity index (χ2n) is 5.78. The maximum atomic E-state index is 13.1. The number of alkyl halides is 3. The monoisotopic (exact) mass is 512 g/mol. The van der Waals surface area contributed by atoms with Crippen LogP contribution in [0.25, 0.3) is 0 Å². The Kier molecular flexibility index (Phi) is 6.21. The van der Waals surface area contributed by atoms with Gasteiger partial charge in [0.2, 0.25) is 0 Å². The first kappa shape index (κ1) is 20.8. The van der Waals surface area contributed by atoms with Crippen molar-refractivity contribution in [3.8, 4) is 11.5 Å². The first-order valence-corrected chi connectivity index (χ1v) is 9.29. The fourth-order valence-electron chi connectivity index (χ4n) is 2.41. The standard InChI is InChI=1S/C21H12F3IO4/c22-21(23,24)15-8-1-3-10-17(15)28-19(26)13-6-5-7-14(12-13)20(27)29-18-11-4-2-9-16(18)25/h1-12H. The third kappa shape index (κ3) is 5.14. The number of hydrogen-bond acceptors (Lipinski definition) is 4. The van der Waals surface area contributed by atoms with E-state index in [0.717, 1.165) is 15.7 Å². The third-order valence-electron chi connectivity index (χ3n) is 3.77. The molecule has 3 aromatic rings. The van der Waals surface area contributed by atoms with Crippen molar-refractivity contribution >= 4 is 34.5 Å². The molecule has 4 nitrogen and oxygen atoms in total. The van der Waals surface area contributed by atoms with E-state index in [4.69, 9.17) is 9.47 Å². The topological polar surface area (TPSA) is 52.6 Å². The molecular weight excluding hydrogens is 500 g/mol. The average molecular weight is 512 g/mol. The molecule has 0 bridgehead atoms. The highest BCUT2D eigenvalue weighted by molar-refractivity contribution is 14.1. The van der Waals surface area contributed by atoms with Crippen molar-refractivity contribution < 1.29 is 32.2 Å². The van der Waals surface area contributed by atoms with E-state index in [9.17, 15) is 22.8 Å². The van der Waals surface area contributed by atoms with Crippen molar-refractivity contribution in [2.24, 2.45) is 0 Å². The molecule has 3 aromatic carbocycles. The van der Waals surface area contributed by atoms with Gasteiger partial charge in [-0.2, -0.15) is 13.2 Å². The number of rotatable bonds is 4. The number of ether oxygens (including phenoxy) is 2. The van der Waals surface area contributed by atoms with Gasteiger partial charge in [-0.3, -0.25) is 0 Å². The van der Waals surface area contributed by atoms with E-state index in [1.807, 2.05) is 22.6 Å². The van der Waals surface area contributed by atoms with Crippen molar-refractivity contribution in [2.75, 3.05) is 0 Å². The first-order valence-electron chi connectivity index (χ1n) is 8.21. The summed E-state index contributed by atoms with van der Waals surface area (Å²) in [6, 6.07) is 16.6. The minimum Gasteiger partial charge on any atom is -0.422 e. The average Bonchev–Trinajstić information content (AvgIpc) is 2.69. The predicted molar refractivity (Wildman–Crippen MR) is 107 cm³/mol. The van der Waals surface area contributed by atoms with E-state index in [1.165, 1.54) is 36.4 Å². The summed E-state index contributed by atoms with van der Waals surface area (Å²) in [6.45, 7) is 0. The Balaban J connectivity index is 1.80. The molecule has 0 atom stereocenters.